The van der Waals surface area contributed by atoms with E-state index in [1.54, 1.807) is 11.3 Å². The van der Waals surface area contributed by atoms with Crippen molar-refractivity contribution in [1.29, 1.82) is 0 Å². The lowest BCUT2D eigenvalue weighted by molar-refractivity contribution is 0.0236. The van der Waals surface area contributed by atoms with Gasteiger partial charge >= 0.3 is 0 Å². The molecule has 0 bridgehead atoms. The molecule has 1 saturated heterocycles. The maximum absolute atomic E-state index is 9.93. The van der Waals surface area contributed by atoms with Gasteiger partial charge in [0.15, 0.2) is 0 Å². The fourth-order valence-corrected chi connectivity index (χ4v) is 2.06. The second kappa shape index (κ2) is 2.59. The molecule has 1 aliphatic rings. The van der Waals surface area contributed by atoms with Crippen LogP contribution in [0, 0.1) is 0 Å². The van der Waals surface area contributed by atoms with E-state index in [4.69, 9.17) is 4.74 Å². The minimum absolute atomic E-state index is 0.448. The Morgan fingerprint density at radius 1 is 1.64 bits per heavy atom. The third-order valence-corrected chi connectivity index (χ3v) is 2.74. The monoisotopic (exact) mass is 170 g/mol. The standard InChI is InChI=1S/C8H10O2S/c9-8(2-3-10-6-8)7-1-4-11-5-7/h1,4-5,9H,2-3,6H2. The van der Waals surface area contributed by atoms with Gasteiger partial charge in [-0.25, -0.2) is 0 Å². The predicted molar refractivity (Wildman–Crippen MR) is 43.7 cm³/mol. The molecule has 1 unspecified atom stereocenters. The van der Waals surface area contributed by atoms with Gasteiger partial charge in [0.25, 0.3) is 0 Å². The molecule has 1 aromatic rings. The first-order valence-electron chi connectivity index (χ1n) is 3.64. The topological polar surface area (TPSA) is 29.5 Å². The van der Waals surface area contributed by atoms with E-state index in [1.807, 2.05) is 16.8 Å². The van der Waals surface area contributed by atoms with Gasteiger partial charge in [-0.05, 0) is 22.4 Å². The van der Waals surface area contributed by atoms with E-state index in [2.05, 4.69) is 0 Å². The Kier molecular flexibility index (Phi) is 1.71. The first kappa shape index (κ1) is 7.28. The Bertz CT molecular complexity index is 224. The van der Waals surface area contributed by atoms with Gasteiger partial charge in [-0.1, -0.05) is 0 Å². The molecule has 0 aliphatic carbocycles. The zero-order valence-electron chi connectivity index (χ0n) is 6.12. The fraction of sp³-hybridized carbons (Fsp3) is 0.500. The average molecular weight is 170 g/mol. The van der Waals surface area contributed by atoms with E-state index in [9.17, 15) is 5.11 Å². The number of hydrogen-bond acceptors (Lipinski definition) is 3. The second-order valence-corrected chi connectivity index (χ2v) is 3.63. The van der Waals surface area contributed by atoms with Crippen molar-refractivity contribution in [2.75, 3.05) is 13.2 Å². The van der Waals surface area contributed by atoms with Crippen molar-refractivity contribution in [2.45, 2.75) is 12.0 Å². The molecule has 1 aliphatic heterocycles. The van der Waals surface area contributed by atoms with Crippen LogP contribution in [0.2, 0.25) is 0 Å². The largest absolute Gasteiger partial charge is 0.383 e. The van der Waals surface area contributed by atoms with Crippen molar-refractivity contribution in [3.05, 3.63) is 22.4 Å². The molecule has 1 fully saturated rings. The summed E-state index contributed by atoms with van der Waals surface area (Å²) in [5, 5.41) is 13.9. The van der Waals surface area contributed by atoms with Crippen molar-refractivity contribution in [3.8, 4) is 0 Å². The van der Waals surface area contributed by atoms with E-state index in [-0.39, 0.29) is 0 Å². The van der Waals surface area contributed by atoms with Crippen LogP contribution >= 0.6 is 11.3 Å². The summed E-state index contributed by atoms with van der Waals surface area (Å²) in [5.41, 5.74) is 0.306. The highest BCUT2D eigenvalue weighted by Gasteiger charge is 2.34. The normalized spacial score (nSPS) is 31.0. The maximum Gasteiger partial charge on any atom is 0.116 e. The Morgan fingerprint density at radius 3 is 3.09 bits per heavy atom. The molecule has 1 aromatic heterocycles. The summed E-state index contributed by atoms with van der Waals surface area (Å²) in [7, 11) is 0. The highest BCUT2D eigenvalue weighted by atomic mass is 32.1. The van der Waals surface area contributed by atoms with Gasteiger partial charge in [0.1, 0.15) is 5.60 Å². The van der Waals surface area contributed by atoms with Crippen molar-refractivity contribution in [2.24, 2.45) is 0 Å². The Hall–Kier alpha value is -0.380. The molecule has 2 nitrogen and oxygen atoms in total. The molecular weight excluding hydrogens is 160 g/mol. The number of hydrogen-bond donors (Lipinski definition) is 1. The fourth-order valence-electron chi connectivity index (χ4n) is 1.31. The van der Waals surface area contributed by atoms with Crippen molar-refractivity contribution >= 4 is 11.3 Å². The minimum atomic E-state index is -0.694. The van der Waals surface area contributed by atoms with Crippen molar-refractivity contribution in [1.82, 2.24) is 0 Å². The lowest BCUT2D eigenvalue weighted by Crippen LogP contribution is -2.24. The number of thiophene rings is 1. The molecule has 0 aromatic carbocycles. The van der Waals surface area contributed by atoms with E-state index < -0.39 is 5.60 Å². The molecule has 3 heteroatoms. The zero-order chi connectivity index (χ0) is 7.73. The number of aliphatic hydroxyl groups is 1. The first-order valence-corrected chi connectivity index (χ1v) is 4.58. The number of ether oxygens (including phenoxy) is 1. The van der Waals surface area contributed by atoms with Crippen LogP contribution in [0.15, 0.2) is 16.8 Å². The average Bonchev–Trinajstić information content (AvgIpc) is 2.55. The van der Waals surface area contributed by atoms with Gasteiger partial charge in [0.05, 0.1) is 6.61 Å². The summed E-state index contributed by atoms with van der Waals surface area (Å²) < 4.78 is 5.14. The second-order valence-electron chi connectivity index (χ2n) is 2.85. The quantitative estimate of drug-likeness (QED) is 0.689. The van der Waals surface area contributed by atoms with E-state index in [0.717, 1.165) is 12.0 Å². The van der Waals surface area contributed by atoms with Crippen LogP contribution in [-0.2, 0) is 10.3 Å². The minimum Gasteiger partial charge on any atom is -0.383 e. The molecule has 2 rings (SSSR count). The molecule has 11 heavy (non-hydrogen) atoms. The highest BCUT2D eigenvalue weighted by molar-refractivity contribution is 7.08. The molecule has 0 spiro atoms. The third kappa shape index (κ3) is 1.20. The van der Waals surface area contributed by atoms with Crippen LogP contribution in [0.4, 0.5) is 0 Å². The molecule has 0 radical (unpaired) electrons. The van der Waals surface area contributed by atoms with E-state index in [0.29, 0.717) is 13.2 Å². The van der Waals surface area contributed by atoms with Crippen LogP contribution in [0.1, 0.15) is 12.0 Å². The first-order chi connectivity index (χ1) is 5.31. The maximum atomic E-state index is 9.93. The molecule has 60 valence electrons. The van der Waals surface area contributed by atoms with Crippen molar-refractivity contribution in [3.63, 3.8) is 0 Å². The summed E-state index contributed by atoms with van der Waals surface area (Å²) in [5.74, 6) is 0. The van der Waals surface area contributed by atoms with Gasteiger partial charge in [0.2, 0.25) is 0 Å². The van der Waals surface area contributed by atoms with Gasteiger partial charge < -0.3 is 9.84 Å². The predicted octanol–water partition coefficient (Wildman–Crippen LogP) is 1.36. The molecular formula is C8H10O2S. The zero-order valence-corrected chi connectivity index (χ0v) is 6.93. The van der Waals surface area contributed by atoms with Crippen LogP contribution in [0.5, 0.6) is 0 Å². The Labute approximate surface area is 69.4 Å². The molecule has 1 N–H and O–H groups in total. The van der Waals surface area contributed by atoms with Crippen LogP contribution in [0.3, 0.4) is 0 Å². The van der Waals surface area contributed by atoms with E-state index >= 15 is 0 Å². The summed E-state index contributed by atoms with van der Waals surface area (Å²) >= 11 is 1.61. The van der Waals surface area contributed by atoms with Gasteiger partial charge in [-0.2, -0.15) is 11.3 Å². The van der Waals surface area contributed by atoms with Gasteiger partial charge in [0, 0.05) is 13.0 Å². The molecule has 0 saturated carbocycles. The molecule has 2 heterocycles. The smallest absolute Gasteiger partial charge is 0.116 e. The Morgan fingerprint density at radius 2 is 2.55 bits per heavy atom. The lowest BCUT2D eigenvalue weighted by Gasteiger charge is -2.18. The van der Waals surface area contributed by atoms with Crippen LogP contribution < -0.4 is 0 Å². The summed E-state index contributed by atoms with van der Waals surface area (Å²) in [6.07, 6.45) is 0.726. The van der Waals surface area contributed by atoms with Gasteiger partial charge in [-0.15, -0.1) is 0 Å². The van der Waals surface area contributed by atoms with Crippen molar-refractivity contribution < 1.29 is 9.84 Å². The SMILES string of the molecule is OC1(c2ccsc2)CCOC1. The summed E-state index contributed by atoms with van der Waals surface area (Å²) in [6, 6.07) is 1.96. The molecule has 0 amide bonds. The highest BCUT2D eigenvalue weighted by Crippen LogP contribution is 2.31. The summed E-state index contributed by atoms with van der Waals surface area (Å²) in [4.78, 5) is 0. The Balaban J connectivity index is 2.27. The third-order valence-electron chi connectivity index (χ3n) is 2.06. The number of rotatable bonds is 1. The molecule has 1 atom stereocenters. The lowest BCUT2D eigenvalue weighted by atomic mass is 9.96. The van der Waals surface area contributed by atoms with E-state index in [1.165, 1.54) is 0 Å². The summed E-state index contributed by atoms with van der Waals surface area (Å²) in [6.45, 7) is 1.12. The van der Waals surface area contributed by atoms with Crippen LogP contribution in [0.25, 0.3) is 0 Å². The van der Waals surface area contributed by atoms with Crippen LogP contribution in [-0.4, -0.2) is 18.3 Å². The van der Waals surface area contributed by atoms with Gasteiger partial charge in [-0.3, -0.25) is 0 Å².